The molecule has 1 aliphatic heterocycles. The van der Waals surface area contributed by atoms with E-state index in [4.69, 9.17) is 4.74 Å². The van der Waals surface area contributed by atoms with Crippen LogP contribution in [0, 0.1) is 20.8 Å². The van der Waals surface area contributed by atoms with E-state index in [1.165, 1.54) is 6.08 Å². The number of rotatable bonds is 1. The van der Waals surface area contributed by atoms with Gasteiger partial charge in [0.25, 0.3) is 0 Å². The molecule has 0 saturated carbocycles. The van der Waals surface area contributed by atoms with Crippen molar-refractivity contribution in [3.63, 3.8) is 0 Å². The molecule has 1 atom stereocenters. The average Bonchev–Trinajstić information content (AvgIpc) is 2.48. The molecule has 4 heteroatoms. The molecule has 2 aromatic rings. The normalized spacial score (nSPS) is 16.9. The Morgan fingerprint density at radius 1 is 0.957 bits per heavy atom. The third kappa shape index (κ3) is 2.85. The van der Waals surface area contributed by atoms with Crippen LogP contribution in [-0.2, 0) is 0 Å². The van der Waals surface area contributed by atoms with Crippen molar-refractivity contribution in [2.45, 2.75) is 33.1 Å². The molecule has 120 valence electrons. The highest BCUT2D eigenvalue weighted by atomic mass is 19.4. The van der Waals surface area contributed by atoms with Gasteiger partial charge in [-0.05, 0) is 66.8 Å². The minimum Gasteiger partial charge on any atom is -0.476 e. The summed E-state index contributed by atoms with van der Waals surface area (Å²) in [6, 6.07) is 9.54. The second-order valence-electron chi connectivity index (χ2n) is 5.89. The van der Waals surface area contributed by atoms with Crippen molar-refractivity contribution in [1.29, 1.82) is 0 Å². The van der Waals surface area contributed by atoms with Gasteiger partial charge in [-0.15, -0.1) is 0 Å². The highest BCUT2D eigenvalue weighted by Crippen LogP contribution is 2.38. The van der Waals surface area contributed by atoms with Gasteiger partial charge in [0.05, 0.1) is 0 Å². The van der Waals surface area contributed by atoms with Crippen LogP contribution in [0.25, 0.3) is 17.2 Å². The van der Waals surface area contributed by atoms with Crippen molar-refractivity contribution in [3.8, 4) is 16.9 Å². The lowest BCUT2D eigenvalue weighted by molar-refractivity contribution is -0.180. The van der Waals surface area contributed by atoms with Crippen LogP contribution in [0.4, 0.5) is 13.2 Å². The molecule has 0 radical (unpaired) electrons. The van der Waals surface area contributed by atoms with Crippen molar-refractivity contribution in [2.24, 2.45) is 0 Å². The van der Waals surface area contributed by atoms with Gasteiger partial charge in [-0.2, -0.15) is 13.2 Å². The Morgan fingerprint density at radius 2 is 1.70 bits per heavy atom. The van der Waals surface area contributed by atoms with E-state index in [2.05, 4.69) is 0 Å². The van der Waals surface area contributed by atoms with E-state index in [-0.39, 0.29) is 5.75 Å². The minimum atomic E-state index is -4.40. The Bertz CT molecular complexity index is 788. The van der Waals surface area contributed by atoms with Crippen molar-refractivity contribution < 1.29 is 17.9 Å². The topological polar surface area (TPSA) is 9.23 Å². The standard InChI is InChI=1S/C19H17F3O/c1-11-5-4-6-15(13(11)3)16-10-17-14(9-12(16)2)7-8-18(23-17)19(20,21)22/h4-10,18H,1-3H3. The minimum absolute atomic E-state index is 0.274. The zero-order valence-corrected chi connectivity index (χ0v) is 13.2. The molecule has 0 fully saturated rings. The molecule has 2 aromatic carbocycles. The molecule has 1 aliphatic rings. The molecule has 0 aliphatic carbocycles. The third-order valence-electron chi connectivity index (χ3n) is 4.28. The maximum atomic E-state index is 12.9. The lowest BCUT2D eigenvalue weighted by Gasteiger charge is -2.25. The quantitative estimate of drug-likeness (QED) is 0.663. The smallest absolute Gasteiger partial charge is 0.429 e. The summed E-state index contributed by atoms with van der Waals surface area (Å²) in [6.45, 7) is 6.00. The van der Waals surface area contributed by atoms with Gasteiger partial charge in [-0.3, -0.25) is 0 Å². The van der Waals surface area contributed by atoms with Crippen LogP contribution in [0.5, 0.6) is 5.75 Å². The highest BCUT2D eigenvalue weighted by Gasteiger charge is 2.41. The summed E-state index contributed by atoms with van der Waals surface area (Å²) in [7, 11) is 0. The van der Waals surface area contributed by atoms with Gasteiger partial charge in [0.1, 0.15) is 5.75 Å². The predicted molar refractivity (Wildman–Crippen MR) is 85.6 cm³/mol. The molecule has 3 rings (SSSR count). The number of hydrogen-bond acceptors (Lipinski definition) is 1. The fraction of sp³-hybridized carbons (Fsp3) is 0.263. The molecule has 1 nitrogen and oxygen atoms in total. The summed E-state index contributed by atoms with van der Waals surface area (Å²) in [5.41, 5.74) is 5.88. The van der Waals surface area contributed by atoms with E-state index in [0.717, 1.165) is 33.9 Å². The summed E-state index contributed by atoms with van der Waals surface area (Å²) in [5.74, 6) is 0.274. The Balaban J connectivity index is 2.10. The first kappa shape index (κ1) is 15.7. The predicted octanol–water partition coefficient (Wildman–Crippen LogP) is 5.62. The summed E-state index contributed by atoms with van der Waals surface area (Å²) in [6.07, 6.45) is -3.75. The van der Waals surface area contributed by atoms with Gasteiger partial charge < -0.3 is 4.74 Å². The van der Waals surface area contributed by atoms with Crippen molar-refractivity contribution in [1.82, 2.24) is 0 Å². The second kappa shape index (κ2) is 5.44. The molecule has 1 unspecified atom stereocenters. The molecule has 0 aromatic heterocycles. The first-order chi connectivity index (χ1) is 10.8. The zero-order valence-electron chi connectivity index (χ0n) is 13.2. The van der Waals surface area contributed by atoms with E-state index in [0.29, 0.717) is 5.56 Å². The average molecular weight is 318 g/mol. The molecule has 0 saturated heterocycles. The maximum absolute atomic E-state index is 12.9. The summed E-state index contributed by atoms with van der Waals surface area (Å²) >= 11 is 0. The van der Waals surface area contributed by atoms with Gasteiger partial charge in [-0.25, -0.2) is 0 Å². The Labute approximate surface area is 133 Å². The lowest BCUT2D eigenvalue weighted by Crippen LogP contribution is -2.33. The summed E-state index contributed by atoms with van der Waals surface area (Å²) < 4.78 is 43.8. The summed E-state index contributed by atoms with van der Waals surface area (Å²) in [4.78, 5) is 0. The monoisotopic (exact) mass is 318 g/mol. The van der Waals surface area contributed by atoms with Crippen molar-refractivity contribution in [2.75, 3.05) is 0 Å². The fourth-order valence-electron chi connectivity index (χ4n) is 2.82. The Hall–Kier alpha value is -2.23. The van der Waals surface area contributed by atoms with Crippen molar-refractivity contribution in [3.05, 3.63) is 58.7 Å². The van der Waals surface area contributed by atoms with E-state index in [1.807, 2.05) is 45.0 Å². The van der Waals surface area contributed by atoms with Crippen LogP contribution in [-0.4, -0.2) is 12.3 Å². The molecular formula is C19H17F3O. The van der Waals surface area contributed by atoms with E-state index >= 15 is 0 Å². The van der Waals surface area contributed by atoms with E-state index < -0.39 is 12.3 Å². The largest absolute Gasteiger partial charge is 0.476 e. The van der Waals surface area contributed by atoms with Crippen LogP contribution in [0.2, 0.25) is 0 Å². The van der Waals surface area contributed by atoms with Crippen LogP contribution in [0.1, 0.15) is 22.3 Å². The number of hydrogen-bond donors (Lipinski definition) is 0. The molecular weight excluding hydrogens is 301 g/mol. The van der Waals surface area contributed by atoms with Gasteiger partial charge in [0, 0.05) is 5.56 Å². The fourth-order valence-corrected chi connectivity index (χ4v) is 2.82. The molecule has 23 heavy (non-hydrogen) atoms. The van der Waals surface area contributed by atoms with Crippen LogP contribution < -0.4 is 4.74 Å². The Morgan fingerprint density at radius 3 is 2.39 bits per heavy atom. The van der Waals surface area contributed by atoms with E-state index in [9.17, 15) is 13.2 Å². The van der Waals surface area contributed by atoms with Crippen LogP contribution in [0.15, 0.2) is 36.4 Å². The van der Waals surface area contributed by atoms with Gasteiger partial charge in [0.15, 0.2) is 0 Å². The van der Waals surface area contributed by atoms with Gasteiger partial charge in [-0.1, -0.05) is 24.3 Å². The van der Waals surface area contributed by atoms with Crippen molar-refractivity contribution >= 4 is 6.08 Å². The number of benzene rings is 2. The third-order valence-corrected chi connectivity index (χ3v) is 4.28. The number of alkyl halides is 3. The van der Waals surface area contributed by atoms with Crippen LogP contribution in [0.3, 0.4) is 0 Å². The second-order valence-corrected chi connectivity index (χ2v) is 5.89. The van der Waals surface area contributed by atoms with Gasteiger partial charge >= 0.3 is 6.18 Å². The molecule has 0 bridgehead atoms. The Kier molecular flexibility index (Phi) is 3.71. The number of ether oxygens (including phenoxy) is 1. The van der Waals surface area contributed by atoms with Gasteiger partial charge in [0.2, 0.25) is 6.10 Å². The highest BCUT2D eigenvalue weighted by molar-refractivity contribution is 5.76. The molecule has 0 amide bonds. The molecule has 0 spiro atoms. The van der Waals surface area contributed by atoms with E-state index in [1.54, 1.807) is 6.07 Å². The number of fused-ring (bicyclic) bond motifs is 1. The lowest BCUT2D eigenvalue weighted by atomic mass is 9.92. The maximum Gasteiger partial charge on any atom is 0.429 e. The SMILES string of the molecule is Cc1cc2c(cc1-c1cccc(C)c1C)OC(C(F)(F)F)C=C2. The first-order valence-electron chi connectivity index (χ1n) is 7.40. The molecule has 1 heterocycles. The first-order valence-corrected chi connectivity index (χ1v) is 7.40. The van der Waals surface area contributed by atoms with Crippen LogP contribution >= 0.6 is 0 Å². The molecule has 0 N–H and O–H groups in total. The zero-order chi connectivity index (χ0) is 16.8. The number of halogens is 3. The summed E-state index contributed by atoms with van der Waals surface area (Å²) in [5, 5.41) is 0. The number of aryl methyl sites for hydroxylation is 2.